The molecule has 1 aromatic rings. The minimum absolute atomic E-state index is 0.0123. The molecule has 0 aliphatic heterocycles. The van der Waals surface area contributed by atoms with Crippen LogP contribution in [0.5, 0.6) is 0 Å². The van der Waals surface area contributed by atoms with Crippen LogP contribution in [0.2, 0.25) is 0 Å². The van der Waals surface area contributed by atoms with Crippen LogP contribution in [0.3, 0.4) is 0 Å². The lowest BCUT2D eigenvalue weighted by Crippen LogP contribution is -2.34. The average molecular weight is 257 g/mol. The van der Waals surface area contributed by atoms with Crippen molar-refractivity contribution in [3.05, 3.63) is 23.5 Å². The number of amides is 1. The van der Waals surface area contributed by atoms with E-state index in [4.69, 9.17) is 21.7 Å². The fourth-order valence-electron chi connectivity index (χ4n) is 1.28. The minimum Gasteiger partial charge on any atom is -0.478 e. The number of nitrogen functional groups attached to an aromatic ring is 1. The summed E-state index contributed by atoms with van der Waals surface area (Å²) < 4.78 is 13.1. The van der Waals surface area contributed by atoms with Crippen LogP contribution >= 0.6 is 0 Å². The van der Waals surface area contributed by atoms with Crippen molar-refractivity contribution in [2.75, 3.05) is 17.6 Å². The zero-order valence-corrected chi connectivity index (χ0v) is 9.18. The molecule has 0 spiro atoms. The van der Waals surface area contributed by atoms with E-state index >= 15 is 0 Å². The highest BCUT2D eigenvalue weighted by molar-refractivity contribution is 6.00. The van der Waals surface area contributed by atoms with Gasteiger partial charge in [0.25, 0.3) is 0 Å². The van der Waals surface area contributed by atoms with Crippen molar-refractivity contribution >= 4 is 23.3 Å². The smallest absolute Gasteiger partial charge is 0.340 e. The molecule has 18 heavy (non-hydrogen) atoms. The van der Waals surface area contributed by atoms with Gasteiger partial charge in [0.2, 0.25) is 5.91 Å². The maximum absolute atomic E-state index is 13.1. The van der Waals surface area contributed by atoms with E-state index < -0.39 is 35.0 Å². The van der Waals surface area contributed by atoms with Gasteiger partial charge in [-0.05, 0) is 12.1 Å². The molecular weight excluding hydrogens is 245 g/mol. The van der Waals surface area contributed by atoms with E-state index in [2.05, 4.69) is 5.32 Å². The second-order valence-electron chi connectivity index (χ2n) is 3.49. The predicted octanol–water partition coefficient (Wildman–Crippen LogP) is -0.636. The molecule has 1 amide bonds. The van der Waals surface area contributed by atoms with Crippen molar-refractivity contribution in [1.29, 1.82) is 0 Å². The number of aliphatic hydroxyl groups excluding tert-OH is 1. The summed E-state index contributed by atoms with van der Waals surface area (Å²) in [5.41, 5.74) is 9.12. The van der Waals surface area contributed by atoms with Crippen LogP contribution in [-0.2, 0) is 4.79 Å². The number of carboxylic acids is 1. The molecule has 1 atom stereocenters. The number of carboxylic acid groups (broad SMARTS) is 1. The second kappa shape index (κ2) is 5.32. The number of aliphatic hydroxyl groups is 1. The molecule has 0 aromatic heterocycles. The highest BCUT2D eigenvalue weighted by Gasteiger charge is 2.18. The molecule has 0 heterocycles. The highest BCUT2D eigenvalue weighted by atomic mass is 19.1. The van der Waals surface area contributed by atoms with Crippen molar-refractivity contribution in [2.24, 2.45) is 5.73 Å². The van der Waals surface area contributed by atoms with Gasteiger partial charge in [0.15, 0.2) is 0 Å². The predicted molar refractivity (Wildman–Crippen MR) is 61.5 cm³/mol. The number of nitrogens with two attached hydrogens (primary N) is 2. The number of hydrogen-bond donors (Lipinski definition) is 5. The monoisotopic (exact) mass is 257 g/mol. The van der Waals surface area contributed by atoms with Crippen molar-refractivity contribution in [3.8, 4) is 0 Å². The van der Waals surface area contributed by atoms with Crippen LogP contribution in [0.15, 0.2) is 12.1 Å². The molecule has 8 heteroatoms. The Balaban J connectivity index is 2.99. The summed E-state index contributed by atoms with van der Waals surface area (Å²) in [6, 6.07) is 2.11. The van der Waals surface area contributed by atoms with Crippen LogP contribution in [0, 0.1) is 5.82 Å². The van der Waals surface area contributed by atoms with Gasteiger partial charge in [0.05, 0.1) is 11.4 Å². The van der Waals surface area contributed by atoms with Crippen molar-refractivity contribution < 1.29 is 24.2 Å². The van der Waals surface area contributed by atoms with E-state index in [-0.39, 0.29) is 12.2 Å². The molecule has 1 unspecified atom stereocenters. The first kappa shape index (κ1) is 13.7. The highest BCUT2D eigenvalue weighted by Crippen LogP contribution is 2.25. The Morgan fingerprint density at radius 1 is 1.44 bits per heavy atom. The first-order valence-electron chi connectivity index (χ1n) is 4.87. The Bertz CT molecular complexity index is 492. The maximum Gasteiger partial charge on any atom is 0.340 e. The number of carbonyl (C=O) groups excluding carboxylic acids is 1. The zero-order chi connectivity index (χ0) is 13.9. The Morgan fingerprint density at radius 3 is 2.56 bits per heavy atom. The summed E-state index contributed by atoms with van der Waals surface area (Å²) in [7, 11) is 0. The number of rotatable bonds is 5. The van der Waals surface area contributed by atoms with Gasteiger partial charge in [-0.3, -0.25) is 4.79 Å². The lowest BCUT2D eigenvalue weighted by molar-refractivity contribution is -0.125. The maximum atomic E-state index is 13.1. The fraction of sp³-hybridized carbons (Fsp3) is 0.200. The first-order valence-corrected chi connectivity index (χ1v) is 4.87. The van der Waals surface area contributed by atoms with Gasteiger partial charge in [0.1, 0.15) is 17.5 Å². The summed E-state index contributed by atoms with van der Waals surface area (Å²) in [6.07, 6.45) is -1.49. The quantitative estimate of drug-likeness (QED) is 0.445. The van der Waals surface area contributed by atoms with E-state index in [1.807, 2.05) is 0 Å². The lowest BCUT2D eigenvalue weighted by Gasteiger charge is -2.13. The third-order valence-electron chi connectivity index (χ3n) is 2.22. The third kappa shape index (κ3) is 2.86. The van der Waals surface area contributed by atoms with Gasteiger partial charge in [-0.15, -0.1) is 0 Å². The standard InChI is InChI=1S/C10H12FN3O4/c11-4-1-2-5(7(8(4)12)10(17)18)14-3-6(15)9(13)16/h1-2,6,14-15H,3,12H2,(H2,13,16)(H,17,18). The molecule has 7 nitrogen and oxygen atoms in total. The number of primary amides is 1. The van der Waals surface area contributed by atoms with Crippen LogP contribution in [0.1, 0.15) is 10.4 Å². The number of hydrogen-bond acceptors (Lipinski definition) is 5. The van der Waals surface area contributed by atoms with Gasteiger partial charge in [-0.2, -0.15) is 0 Å². The molecule has 7 N–H and O–H groups in total. The topological polar surface area (TPSA) is 139 Å². The molecule has 0 saturated carbocycles. The lowest BCUT2D eigenvalue weighted by atomic mass is 10.1. The molecule has 1 aromatic carbocycles. The summed E-state index contributed by atoms with van der Waals surface area (Å²) in [5.74, 6) is -3.26. The fourth-order valence-corrected chi connectivity index (χ4v) is 1.28. The first-order chi connectivity index (χ1) is 8.34. The van der Waals surface area contributed by atoms with Gasteiger partial charge in [0, 0.05) is 6.54 Å². The third-order valence-corrected chi connectivity index (χ3v) is 2.22. The number of anilines is 2. The van der Waals surface area contributed by atoms with Crippen LogP contribution < -0.4 is 16.8 Å². The van der Waals surface area contributed by atoms with Crippen molar-refractivity contribution in [1.82, 2.24) is 0 Å². The SMILES string of the molecule is NC(=O)C(O)CNc1ccc(F)c(N)c1C(=O)O. The van der Waals surface area contributed by atoms with E-state index in [0.717, 1.165) is 12.1 Å². The summed E-state index contributed by atoms with van der Waals surface area (Å²) in [5, 5.41) is 20.5. The molecule has 0 bridgehead atoms. The summed E-state index contributed by atoms with van der Waals surface area (Å²) >= 11 is 0. The molecule has 0 fully saturated rings. The Hall–Kier alpha value is -2.35. The second-order valence-corrected chi connectivity index (χ2v) is 3.49. The summed E-state index contributed by atoms with van der Waals surface area (Å²) in [4.78, 5) is 21.5. The Kier molecular flexibility index (Phi) is 4.05. The van der Waals surface area contributed by atoms with Gasteiger partial charge >= 0.3 is 5.97 Å². The van der Waals surface area contributed by atoms with Gasteiger partial charge < -0.3 is 27.0 Å². The Labute approximate surface area is 101 Å². The van der Waals surface area contributed by atoms with E-state index in [1.165, 1.54) is 0 Å². The normalized spacial score (nSPS) is 11.9. The molecule has 98 valence electrons. The molecule has 1 rings (SSSR count). The van der Waals surface area contributed by atoms with Crippen molar-refractivity contribution in [3.63, 3.8) is 0 Å². The molecule has 0 aliphatic carbocycles. The van der Waals surface area contributed by atoms with Crippen molar-refractivity contribution in [2.45, 2.75) is 6.10 Å². The largest absolute Gasteiger partial charge is 0.478 e. The van der Waals surface area contributed by atoms with Crippen LogP contribution in [-0.4, -0.2) is 34.7 Å². The number of nitrogens with one attached hydrogen (secondary N) is 1. The molecular formula is C10H12FN3O4. The Morgan fingerprint density at radius 2 is 2.06 bits per heavy atom. The minimum atomic E-state index is -1.49. The van der Waals surface area contributed by atoms with Gasteiger partial charge in [-0.25, -0.2) is 9.18 Å². The number of benzene rings is 1. The summed E-state index contributed by atoms with van der Waals surface area (Å²) in [6.45, 7) is -0.305. The average Bonchev–Trinajstić information content (AvgIpc) is 2.29. The molecule has 0 saturated heterocycles. The van der Waals surface area contributed by atoms with E-state index in [0.29, 0.717) is 0 Å². The number of aromatic carboxylic acids is 1. The molecule has 0 radical (unpaired) electrons. The number of carbonyl (C=O) groups is 2. The van der Waals surface area contributed by atoms with Crippen LogP contribution in [0.4, 0.5) is 15.8 Å². The zero-order valence-electron chi connectivity index (χ0n) is 9.18. The van der Waals surface area contributed by atoms with E-state index in [9.17, 15) is 14.0 Å². The van der Waals surface area contributed by atoms with Crippen LogP contribution in [0.25, 0.3) is 0 Å². The molecule has 0 aliphatic rings. The van der Waals surface area contributed by atoms with E-state index in [1.54, 1.807) is 0 Å². The van der Waals surface area contributed by atoms with Gasteiger partial charge in [-0.1, -0.05) is 0 Å². The number of halogens is 1.